The third-order valence-electron chi connectivity index (χ3n) is 4.86. The topological polar surface area (TPSA) is 72.9 Å². The van der Waals surface area contributed by atoms with Crippen molar-refractivity contribution < 1.29 is 27.9 Å². The number of aliphatic carboxylic acids is 1. The Hall–Kier alpha value is -2.45. The number of hydrogen-bond donors (Lipinski definition) is 2. The minimum absolute atomic E-state index is 0.210. The Balaban J connectivity index is 1.97. The second-order valence-corrected chi connectivity index (χ2v) is 6.67. The molecule has 2 rings (SSSR count). The molecule has 0 aromatic heterocycles. The monoisotopic (exact) mass is 387 g/mol. The maximum absolute atomic E-state index is 12.9. The summed E-state index contributed by atoms with van der Waals surface area (Å²) in [6.45, 7) is 4.95. The lowest BCUT2D eigenvalue weighted by molar-refractivity contribution is -0.140. The van der Waals surface area contributed by atoms with Gasteiger partial charge in [0.25, 0.3) is 0 Å². The van der Waals surface area contributed by atoms with E-state index in [4.69, 9.17) is 0 Å². The number of piperazine rings is 1. The van der Waals surface area contributed by atoms with Crippen LogP contribution in [0.4, 0.5) is 23.7 Å². The van der Waals surface area contributed by atoms with E-state index >= 15 is 0 Å². The summed E-state index contributed by atoms with van der Waals surface area (Å²) in [6.07, 6.45) is -3.79. The van der Waals surface area contributed by atoms with Crippen molar-refractivity contribution >= 4 is 17.7 Å². The summed E-state index contributed by atoms with van der Waals surface area (Å²) in [6, 6.07) is 3.65. The van der Waals surface area contributed by atoms with Crippen LogP contribution in [0.5, 0.6) is 0 Å². The molecule has 1 aromatic carbocycles. The molecule has 0 saturated carbocycles. The van der Waals surface area contributed by atoms with Gasteiger partial charge in [-0.1, -0.05) is 26.3 Å². The molecular formula is C18H24F3N3O3. The SMILES string of the molecule is CCC(C)[C@H](NC(=O)N1CCN(c2cccc(C(F)(F)F)c2)CC1)C(=O)O. The summed E-state index contributed by atoms with van der Waals surface area (Å²) in [4.78, 5) is 26.9. The van der Waals surface area contributed by atoms with Gasteiger partial charge in [0.1, 0.15) is 6.04 Å². The summed E-state index contributed by atoms with van der Waals surface area (Å²) in [7, 11) is 0. The minimum Gasteiger partial charge on any atom is -0.480 e. The van der Waals surface area contributed by atoms with Crippen molar-refractivity contribution in [1.82, 2.24) is 10.2 Å². The summed E-state index contributed by atoms with van der Waals surface area (Å²) in [5.74, 6) is -1.29. The van der Waals surface area contributed by atoms with E-state index < -0.39 is 29.8 Å². The lowest BCUT2D eigenvalue weighted by Crippen LogP contribution is -2.55. The number of nitrogens with zero attached hydrogens (tertiary/aromatic N) is 2. The van der Waals surface area contributed by atoms with Gasteiger partial charge in [0.2, 0.25) is 0 Å². The molecule has 6 nitrogen and oxygen atoms in total. The maximum Gasteiger partial charge on any atom is 0.416 e. The van der Waals surface area contributed by atoms with Gasteiger partial charge < -0.3 is 20.2 Å². The van der Waals surface area contributed by atoms with Crippen LogP contribution in [-0.2, 0) is 11.0 Å². The lowest BCUT2D eigenvalue weighted by atomic mass is 9.99. The van der Waals surface area contributed by atoms with E-state index in [1.54, 1.807) is 17.9 Å². The number of alkyl halides is 3. The maximum atomic E-state index is 12.9. The van der Waals surface area contributed by atoms with E-state index in [1.807, 2.05) is 6.92 Å². The Bertz CT molecular complexity index is 673. The Morgan fingerprint density at radius 2 is 1.85 bits per heavy atom. The Morgan fingerprint density at radius 3 is 2.37 bits per heavy atom. The van der Waals surface area contributed by atoms with Crippen LogP contribution in [-0.4, -0.2) is 54.2 Å². The number of urea groups is 1. The van der Waals surface area contributed by atoms with Gasteiger partial charge in [0.15, 0.2) is 0 Å². The molecule has 1 heterocycles. The standard InChI is InChI=1S/C18H24F3N3O3/c1-3-12(2)15(16(25)26)22-17(27)24-9-7-23(8-10-24)14-6-4-5-13(11-14)18(19,20)21/h4-6,11-12,15H,3,7-10H2,1-2H3,(H,22,27)(H,25,26)/t12?,15-/m0/s1. The van der Waals surface area contributed by atoms with Gasteiger partial charge in [-0.15, -0.1) is 0 Å². The molecule has 1 aromatic rings. The number of carbonyl (C=O) groups excluding carboxylic acids is 1. The number of carboxylic acids is 1. The number of amides is 2. The molecule has 2 N–H and O–H groups in total. The molecule has 27 heavy (non-hydrogen) atoms. The summed E-state index contributed by atoms with van der Waals surface area (Å²) >= 11 is 0. The van der Waals surface area contributed by atoms with Crippen LogP contribution in [0.1, 0.15) is 25.8 Å². The van der Waals surface area contributed by atoms with Crippen molar-refractivity contribution in [1.29, 1.82) is 0 Å². The first-order chi connectivity index (χ1) is 12.6. The van der Waals surface area contributed by atoms with Gasteiger partial charge in [-0.05, 0) is 24.1 Å². The lowest BCUT2D eigenvalue weighted by Gasteiger charge is -2.37. The van der Waals surface area contributed by atoms with Crippen LogP contribution in [0.2, 0.25) is 0 Å². The third kappa shape index (κ3) is 5.27. The van der Waals surface area contributed by atoms with Crippen LogP contribution >= 0.6 is 0 Å². The van der Waals surface area contributed by atoms with Crippen molar-refractivity contribution in [3.63, 3.8) is 0 Å². The molecule has 0 spiro atoms. The zero-order valence-electron chi connectivity index (χ0n) is 15.3. The highest BCUT2D eigenvalue weighted by Crippen LogP contribution is 2.31. The molecule has 0 radical (unpaired) electrons. The van der Waals surface area contributed by atoms with E-state index in [0.717, 1.165) is 12.1 Å². The van der Waals surface area contributed by atoms with Crippen molar-refractivity contribution in [2.24, 2.45) is 5.92 Å². The van der Waals surface area contributed by atoms with Crippen LogP contribution in [0, 0.1) is 5.92 Å². The molecule has 1 saturated heterocycles. The minimum atomic E-state index is -4.40. The molecule has 2 atom stereocenters. The van der Waals surface area contributed by atoms with Gasteiger partial charge in [-0.25, -0.2) is 9.59 Å². The zero-order valence-corrected chi connectivity index (χ0v) is 15.3. The van der Waals surface area contributed by atoms with E-state index in [1.165, 1.54) is 11.0 Å². The second kappa shape index (κ2) is 8.49. The van der Waals surface area contributed by atoms with Crippen molar-refractivity contribution in [3.8, 4) is 0 Å². The first-order valence-electron chi connectivity index (χ1n) is 8.84. The molecule has 1 fully saturated rings. The van der Waals surface area contributed by atoms with Gasteiger partial charge in [0, 0.05) is 31.9 Å². The van der Waals surface area contributed by atoms with Crippen LogP contribution < -0.4 is 10.2 Å². The number of halogens is 3. The average Bonchev–Trinajstić information content (AvgIpc) is 2.64. The van der Waals surface area contributed by atoms with Gasteiger partial charge in [-0.3, -0.25) is 0 Å². The van der Waals surface area contributed by atoms with E-state index in [-0.39, 0.29) is 5.92 Å². The Labute approximate surface area is 155 Å². The quantitative estimate of drug-likeness (QED) is 0.815. The molecule has 0 aliphatic carbocycles. The van der Waals surface area contributed by atoms with Crippen molar-refractivity contribution in [2.75, 3.05) is 31.1 Å². The van der Waals surface area contributed by atoms with Gasteiger partial charge in [-0.2, -0.15) is 13.2 Å². The predicted molar refractivity (Wildman–Crippen MR) is 94.6 cm³/mol. The molecular weight excluding hydrogens is 363 g/mol. The summed E-state index contributed by atoms with van der Waals surface area (Å²) < 4.78 is 38.6. The number of nitrogens with one attached hydrogen (secondary N) is 1. The largest absolute Gasteiger partial charge is 0.480 e. The average molecular weight is 387 g/mol. The first-order valence-corrected chi connectivity index (χ1v) is 8.84. The smallest absolute Gasteiger partial charge is 0.416 e. The van der Waals surface area contributed by atoms with Crippen LogP contribution in [0.25, 0.3) is 0 Å². The molecule has 1 unspecified atom stereocenters. The Kier molecular flexibility index (Phi) is 6.56. The van der Waals surface area contributed by atoms with E-state index in [2.05, 4.69) is 5.32 Å². The first kappa shape index (κ1) is 20.9. The molecule has 9 heteroatoms. The highest BCUT2D eigenvalue weighted by Gasteiger charge is 2.32. The predicted octanol–water partition coefficient (Wildman–Crippen LogP) is 3.04. The fourth-order valence-electron chi connectivity index (χ4n) is 2.95. The number of anilines is 1. The second-order valence-electron chi connectivity index (χ2n) is 6.67. The highest BCUT2D eigenvalue weighted by molar-refractivity contribution is 5.83. The van der Waals surface area contributed by atoms with Gasteiger partial charge in [0.05, 0.1) is 5.56 Å². The van der Waals surface area contributed by atoms with E-state index in [9.17, 15) is 27.9 Å². The fraction of sp³-hybridized carbons (Fsp3) is 0.556. The highest BCUT2D eigenvalue weighted by atomic mass is 19.4. The molecule has 1 aliphatic heterocycles. The summed E-state index contributed by atoms with van der Waals surface area (Å²) in [5.41, 5.74) is -0.258. The summed E-state index contributed by atoms with van der Waals surface area (Å²) in [5, 5.41) is 11.8. The molecule has 1 aliphatic rings. The fourth-order valence-corrected chi connectivity index (χ4v) is 2.95. The van der Waals surface area contributed by atoms with Crippen LogP contribution in [0.3, 0.4) is 0 Å². The van der Waals surface area contributed by atoms with Crippen LogP contribution in [0.15, 0.2) is 24.3 Å². The number of carbonyl (C=O) groups is 2. The van der Waals surface area contributed by atoms with Crippen molar-refractivity contribution in [2.45, 2.75) is 32.5 Å². The molecule has 2 amide bonds. The Morgan fingerprint density at radius 1 is 1.22 bits per heavy atom. The van der Waals surface area contributed by atoms with E-state index in [0.29, 0.717) is 38.3 Å². The van der Waals surface area contributed by atoms with Gasteiger partial charge >= 0.3 is 18.2 Å². The molecule has 150 valence electrons. The van der Waals surface area contributed by atoms with Crippen molar-refractivity contribution in [3.05, 3.63) is 29.8 Å². The molecule has 0 bridgehead atoms. The third-order valence-corrected chi connectivity index (χ3v) is 4.86. The number of rotatable bonds is 5. The number of hydrogen-bond acceptors (Lipinski definition) is 3. The normalized spacial score (nSPS) is 17.4. The number of carboxylic acid groups (broad SMARTS) is 1. The zero-order chi connectivity index (χ0) is 20.2. The number of benzene rings is 1.